The summed E-state index contributed by atoms with van der Waals surface area (Å²) in [5.74, 6) is 0.862. The summed E-state index contributed by atoms with van der Waals surface area (Å²) in [5.41, 5.74) is 5.65. The van der Waals surface area contributed by atoms with Gasteiger partial charge in [-0.05, 0) is 11.5 Å². The first-order valence-electron chi connectivity index (χ1n) is 6.00. The predicted molar refractivity (Wildman–Crippen MR) is 77.4 cm³/mol. The number of nitrogens with zero attached hydrogens (tertiary/aromatic N) is 4. The lowest BCUT2D eigenvalue weighted by Crippen LogP contribution is -2.12. The third-order valence-electron chi connectivity index (χ3n) is 2.80. The van der Waals surface area contributed by atoms with E-state index in [4.69, 9.17) is 5.73 Å². The zero-order valence-electron chi connectivity index (χ0n) is 11.2. The Hall–Kier alpha value is -1.68. The van der Waals surface area contributed by atoms with Gasteiger partial charge in [0.1, 0.15) is 22.0 Å². The molecule has 2 rings (SSSR count). The Morgan fingerprint density at radius 1 is 1.50 bits per heavy atom. The Morgan fingerprint density at radius 3 is 2.85 bits per heavy atom. The number of anilines is 2. The second-order valence-electron chi connectivity index (χ2n) is 4.16. The lowest BCUT2D eigenvalue weighted by atomic mass is 10.4. The van der Waals surface area contributed by atoms with Crippen molar-refractivity contribution >= 4 is 32.2 Å². The SMILES string of the molecule is CCS(=O)(=O)c1c(N)nsc1NCCc1nncn1C. The van der Waals surface area contributed by atoms with Crippen LogP contribution in [0.4, 0.5) is 10.8 Å². The van der Waals surface area contributed by atoms with Gasteiger partial charge in [0.25, 0.3) is 0 Å². The molecule has 2 aromatic heterocycles. The average molecular weight is 316 g/mol. The molecule has 2 aromatic rings. The molecule has 0 radical (unpaired) electrons. The maximum absolute atomic E-state index is 12.0. The Kier molecular flexibility index (Phi) is 4.23. The van der Waals surface area contributed by atoms with Gasteiger partial charge < -0.3 is 15.6 Å². The van der Waals surface area contributed by atoms with E-state index in [9.17, 15) is 8.42 Å². The van der Waals surface area contributed by atoms with E-state index in [0.717, 1.165) is 17.4 Å². The monoisotopic (exact) mass is 316 g/mol. The van der Waals surface area contributed by atoms with Gasteiger partial charge in [0.2, 0.25) is 0 Å². The van der Waals surface area contributed by atoms with Gasteiger partial charge >= 0.3 is 0 Å². The fraction of sp³-hybridized carbons (Fsp3) is 0.500. The van der Waals surface area contributed by atoms with Gasteiger partial charge in [0.05, 0.1) is 5.75 Å². The molecule has 0 aliphatic heterocycles. The van der Waals surface area contributed by atoms with Crippen LogP contribution in [-0.4, -0.2) is 39.9 Å². The van der Waals surface area contributed by atoms with E-state index < -0.39 is 9.84 Å². The van der Waals surface area contributed by atoms with E-state index in [1.807, 2.05) is 11.6 Å². The number of aryl methyl sites for hydroxylation is 1. The van der Waals surface area contributed by atoms with Crippen LogP contribution in [0.3, 0.4) is 0 Å². The summed E-state index contributed by atoms with van der Waals surface area (Å²) < 4.78 is 29.7. The molecule has 0 aromatic carbocycles. The van der Waals surface area contributed by atoms with Crippen LogP contribution in [0.2, 0.25) is 0 Å². The first kappa shape index (κ1) is 14.7. The first-order valence-corrected chi connectivity index (χ1v) is 8.43. The van der Waals surface area contributed by atoms with Gasteiger partial charge in [-0.25, -0.2) is 8.42 Å². The van der Waals surface area contributed by atoms with Gasteiger partial charge in [0.15, 0.2) is 15.7 Å². The van der Waals surface area contributed by atoms with Gasteiger partial charge in [-0.1, -0.05) is 6.92 Å². The number of nitrogens with one attached hydrogen (secondary N) is 1. The van der Waals surface area contributed by atoms with Crippen molar-refractivity contribution in [1.29, 1.82) is 0 Å². The molecule has 2 heterocycles. The van der Waals surface area contributed by atoms with Gasteiger partial charge in [-0.3, -0.25) is 0 Å². The van der Waals surface area contributed by atoms with Crippen molar-refractivity contribution in [3.05, 3.63) is 12.2 Å². The van der Waals surface area contributed by atoms with Crippen LogP contribution in [0.5, 0.6) is 0 Å². The van der Waals surface area contributed by atoms with Crippen LogP contribution in [-0.2, 0) is 23.3 Å². The van der Waals surface area contributed by atoms with E-state index in [1.165, 1.54) is 0 Å². The Balaban J connectivity index is 2.10. The van der Waals surface area contributed by atoms with E-state index in [0.29, 0.717) is 18.0 Å². The summed E-state index contributed by atoms with van der Waals surface area (Å²) in [7, 11) is -1.53. The molecule has 20 heavy (non-hydrogen) atoms. The number of sulfone groups is 1. The normalized spacial score (nSPS) is 11.7. The molecular weight excluding hydrogens is 300 g/mol. The number of nitrogen functional groups attached to an aromatic ring is 1. The highest BCUT2D eigenvalue weighted by Crippen LogP contribution is 2.32. The van der Waals surface area contributed by atoms with Crippen molar-refractivity contribution < 1.29 is 8.42 Å². The van der Waals surface area contributed by atoms with Crippen molar-refractivity contribution in [2.24, 2.45) is 7.05 Å². The topological polar surface area (TPSA) is 116 Å². The second-order valence-corrected chi connectivity index (χ2v) is 7.15. The third kappa shape index (κ3) is 2.90. The van der Waals surface area contributed by atoms with Crippen molar-refractivity contribution in [3.63, 3.8) is 0 Å². The molecule has 10 heteroatoms. The molecule has 0 saturated heterocycles. The highest BCUT2D eigenvalue weighted by molar-refractivity contribution is 7.91. The first-order chi connectivity index (χ1) is 9.45. The Morgan fingerprint density at radius 2 is 2.25 bits per heavy atom. The average Bonchev–Trinajstić information content (AvgIpc) is 2.97. The number of aromatic nitrogens is 4. The maximum atomic E-state index is 12.0. The fourth-order valence-electron chi connectivity index (χ4n) is 1.67. The quantitative estimate of drug-likeness (QED) is 0.787. The number of nitrogens with two attached hydrogens (primary N) is 1. The minimum Gasteiger partial charge on any atom is -0.382 e. The predicted octanol–water partition coefficient (Wildman–Crippen LogP) is 0.302. The number of hydrogen-bond acceptors (Lipinski definition) is 8. The highest BCUT2D eigenvalue weighted by atomic mass is 32.2. The molecule has 0 atom stereocenters. The summed E-state index contributed by atoms with van der Waals surface area (Å²) in [6, 6.07) is 0. The Labute approximate surface area is 121 Å². The lowest BCUT2D eigenvalue weighted by Gasteiger charge is -2.06. The smallest absolute Gasteiger partial charge is 0.184 e. The summed E-state index contributed by atoms with van der Waals surface area (Å²) in [6.07, 6.45) is 2.24. The summed E-state index contributed by atoms with van der Waals surface area (Å²) in [6.45, 7) is 2.11. The summed E-state index contributed by atoms with van der Waals surface area (Å²) >= 11 is 1.05. The summed E-state index contributed by atoms with van der Waals surface area (Å²) in [5, 5.41) is 11.3. The van der Waals surface area contributed by atoms with Crippen LogP contribution in [0.15, 0.2) is 11.2 Å². The van der Waals surface area contributed by atoms with E-state index >= 15 is 0 Å². The molecule has 3 N–H and O–H groups in total. The zero-order valence-corrected chi connectivity index (χ0v) is 12.8. The fourth-order valence-corrected chi connectivity index (χ4v) is 3.87. The van der Waals surface area contributed by atoms with Crippen molar-refractivity contribution in [2.75, 3.05) is 23.3 Å². The molecule has 0 unspecified atom stereocenters. The maximum Gasteiger partial charge on any atom is 0.184 e. The number of hydrogen-bond donors (Lipinski definition) is 2. The van der Waals surface area contributed by atoms with Crippen molar-refractivity contribution in [2.45, 2.75) is 18.2 Å². The second kappa shape index (κ2) is 5.75. The minimum atomic E-state index is -3.38. The van der Waals surface area contributed by atoms with Crippen LogP contribution in [0, 0.1) is 0 Å². The van der Waals surface area contributed by atoms with E-state index in [2.05, 4.69) is 19.9 Å². The Bertz CT molecular complexity index is 690. The van der Waals surface area contributed by atoms with Crippen LogP contribution >= 0.6 is 11.5 Å². The molecule has 0 aliphatic rings. The molecule has 0 bridgehead atoms. The van der Waals surface area contributed by atoms with E-state index in [1.54, 1.807) is 13.3 Å². The molecule has 0 saturated carbocycles. The van der Waals surface area contributed by atoms with Gasteiger partial charge in [-0.2, -0.15) is 4.37 Å². The molecule has 8 nitrogen and oxygen atoms in total. The molecule has 0 amide bonds. The lowest BCUT2D eigenvalue weighted by molar-refractivity contribution is 0.598. The van der Waals surface area contributed by atoms with E-state index in [-0.39, 0.29) is 16.5 Å². The van der Waals surface area contributed by atoms with Gasteiger partial charge in [0, 0.05) is 20.0 Å². The molecule has 0 aliphatic carbocycles. The minimum absolute atomic E-state index is 0.00637. The third-order valence-corrected chi connectivity index (χ3v) is 5.55. The summed E-state index contributed by atoms with van der Waals surface area (Å²) in [4.78, 5) is 0.1000. The van der Waals surface area contributed by atoms with Crippen LogP contribution < -0.4 is 11.1 Å². The van der Waals surface area contributed by atoms with Crippen LogP contribution in [0.25, 0.3) is 0 Å². The zero-order chi connectivity index (χ0) is 14.8. The standard InChI is InChI=1S/C10H16N6O2S2/c1-3-20(17,18)8-9(11)15-19-10(8)12-5-4-7-14-13-6-16(7)2/h6,12H,3-5H2,1-2H3,(H2,11,15). The number of rotatable bonds is 6. The molecule has 110 valence electrons. The van der Waals surface area contributed by atoms with Crippen LogP contribution in [0.1, 0.15) is 12.7 Å². The molecule has 0 fully saturated rings. The molecule has 0 spiro atoms. The largest absolute Gasteiger partial charge is 0.382 e. The van der Waals surface area contributed by atoms with Gasteiger partial charge in [-0.15, -0.1) is 10.2 Å². The van der Waals surface area contributed by atoms with Crippen molar-refractivity contribution in [1.82, 2.24) is 19.1 Å². The van der Waals surface area contributed by atoms with Crippen molar-refractivity contribution in [3.8, 4) is 0 Å². The highest BCUT2D eigenvalue weighted by Gasteiger charge is 2.23. The molecular formula is C10H16N6O2S2.